The Bertz CT molecular complexity index is 352. The van der Waals surface area contributed by atoms with Crippen LogP contribution in [-0.2, 0) is 0 Å². The fraction of sp³-hybridized carbons (Fsp3) is 1.00. The minimum atomic E-state index is 0.865. The Hall–Kier alpha value is -0.0400. The van der Waals surface area contributed by atoms with E-state index in [0.717, 1.165) is 36.1 Å². The largest absolute Gasteiger partial charge is 0.330 e. The molecular weight excluding hydrogens is 302 g/mol. The first-order valence-electron chi connectivity index (χ1n) is 12.1. The van der Waals surface area contributed by atoms with Gasteiger partial charge in [0.15, 0.2) is 0 Å². The Morgan fingerprint density at radius 2 is 0.680 bits per heavy atom. The van der Waals surface area contributed by atoms with Crippen molar-refractivity contribution in [3.63, 3.8) is 0 Å². The highest BCUT2D eigenvalue weighted by Crippen LogP contribution is 2.54. The smallest absolute Gasteiger partial charge is 0.00434 e. The summed E-state index contributed by atoms with van der Waals surface area (Å²) in [4.78, 5) is 0. The summed E-state index contributed by atoms with van der Waals surface area (Å²) in [5.74, 6) is 4.90. The van der Waals surface area contributed by atoms with Crippen LogP contribution in [0.4, 0.5) is 0 Å². The molecule has 0 saturated heterocycles. The topological polar surface area (TPSA) is 26.0 Å². The SMILES string of the molecule is NCC1C2CCCCCCCCCCCCCC2C2CCCCCC12. The van der Waals surface area contributed by atoms with E-state index in [1.54, 1.807) is 0 Å². The van der Waals surface area contributed by atoms with Gasteiger partial charge in [0.1, 0.15) is 0 Å². The number of rotatable bonds is 1. The fourth-order valence-electron chi connectivity index (χ4n) is 6.94. The average Bonchev–Trinajstić information content (AvgIpc) is 2.77. The summed E-state index contributed by atoms with van der Waals surface area (Å²) < 4.78 is 0. The normalized spacial score (nSPS) is 39.5. The van der Waals surface area contributed by atoms with Gasteiger partial charge in [-0.15, -0.1) is 0 Å². The van der Waals surface area contributed by atoms with Crippen molar-refractivity contribution in [3.05, 3.63) is 0 Å². The Morgan fingerprint density at radius 3 is 1.04 bits per heavy atom. The molecule has 0 amide bonds. The molecule has 25 heavy (non-hydrogen) atoms. The lowest BCUT2D eigenvalue weighted by Gasteiger charge is -2.27. The van der Waals surface area contributed by atoms with Crippen molar-refractivity contribution in [2.45, 2.75) is 116 Å². The van der Waals surface area contributed by atoms with E-state index in [4.69, 9.17) is 5.73 Å². The van der Waals surface area contributed by atoms with Gasteiger partial charge in [-0.1, -0.05) is 89.9 Å². The third kappa shape index (κ3) is 5.47. The summed E-state index contributed by atoms with van der Waals surface area (Å²) in [6.45, 7) is 0.975. The standard InChI is InChI=1S/C24H45N/c25-19-24-22-17-12-9-7-5-3-1-2-4-6-8-11-15-20(22)21-16-13-10-14-18-23(21)24/h20-24H,1-19,25H2. The van der Waals surface area contributed by atoms with Crippen LogP contribution in [0.5, 0.6) is 0 Å². The monoisotopic (exact) mass is 347 g/mol. The lowest BCUT2D eigenvalue weighted by Crippen LogP contribution is -2.26. The molecule has 0 bridgehead atoms. The summed E-state index contributed by atoms with van der Waals surface area (Å²) in [5, 5.41) is 0. The first kappa shape index (κ1) is 19.7. The second-order valence-corrected chi connectivity index (χ2v) is 9.66. The van der Waals surface area contributed by atoms with E-state index in [9.17, 15) is 0 Å². The molecular formula is C24H45N. The Balaban J connectivity index is 1.65. The van der Waals surface area contributed by atoms with Gasteiger partial charge in [-0.05, 0) is 61.8 Å². The third-order valence-corrected chi connectivity index (χ3v) is 8.17. The molecule has 1 nitrogen and oxygen atoms in total. The van der Waals surface area contributed by atoms with Gasteiger partial charge in [0.2, 0.25) is 0 Å². The molecule has 5 unspecified atom stereocenters. The number of nitrogens with two attached hydrogens (primary N) is 1. The van der Waals surface area contributed by atoms with Gasteiger partial charge in [0.05, 0.1) is 0 Å². The second-order valence-electron chi connectivity index (χ2n) is 9.66. The van der Waals surface area contributed by atoms with E-state index in [1.165, 1.54) is 116 Å². The maximum Gasteiger partial charge on any atom is -0.00434 e. The van der Waals surface area contributed by atoms with E-state index >= 15 is 0 Å². The zero-order chi connectivity index (χ0) is 17.3. The Kier molecular flexibility index (Phi) is 8.64. The first-order valence-corrected chi connectivity index (χ1v) is 12.1. The van der Waals surface area contributed by atoms with E-state index in [0.29, 0.717) is 0 Å². The van der Waals surface area contributed by atoms with Gasteiger partial charge < -0.3 is 5.73 Å². The quantitative estimate of drug-likeness (QED) is 0.538. The molecule has 0 aromatic rings. The Labute approximate surface area is 157 Å². The van der Waals surface area contributed by atoms with E-state index in [-0.39, 0.29) is 0 Å². The van der Waals surface area contributed by atoms with Crippen LogP contribution in [0.1, 0.15) is 116 Å². The molecule has 5 atom stereocenters. The van der Waals surface area contributed by atoms with Crippen LogP contribution in [-0.4, -0.2) is 6.54 Å². The highest BCUT2D eigenvalue weighted by molar-refractivity contribution is 4.97. The summed E-state index contributed by atoms with van der Waals surface area (Å²) >= 11 is 0. The van der Waals surface area contributed by atoms with Gasteiger partial charge >= 0.3 is 0 Å². The molecule has 0 radical (unpaired) electrons. The highest BCUT2D eigenvalue weighted by Gasteiger charge is 2.48. The van der Waals surface area contributed by atoms with Crippen molar-refractivity contribution in [1.82, 2.24) is 0 Å². The molecule has 3 aliphatic carbocycles. The minimum Gasteiger partial charge on any atom is -0.330 e. The summed E-state index contributed by atoms with van der Waals surface area (Å²) in [6, 6.07) is 0. The van der Waals surface area contributed by atoms with Crippen LogP contribution in [0.3, 0.4) is 0 Å². The maximum atomic E-state index is 6.38. The lowest BCUT2D eigenvalue weighted by atomic mass is 9.79. The molecule has 3 saturated carbocycles. The van der Waals surface area contributed by atoms with Crippen LogP contribution in [0, 0.1) is 29.6 Å². The van der Waals surface area contributed by atoms with Crippen LogP contribution in [0.25, 0.3) is 0 Å². The summed E-state index contributed by atoms with van der Waals surface area (Å²) in [6.07, 6.45) is 26.9. The fourth-order valence-corrected chi connectivity index (χ4v) is 6.94. The van der Waals surface area contributed by atoms with Gasteiger partial charge in [0.25, 0.3) is 0 Å². The van der Waals surface area contributed by atoms with Crippen molar-refractivity contribution in [3.8, 4) is 0 Å². The van der Waals surface area contributed by atoms with Crippen LogP contribution < -0.4 is 5.73 Å². The second kappa shape index (κ2) is 11.0. The Morgan fingerprint density at radius 1 is 0.400 bits per heavy atom. The maximum absolute atomic E-state index is 6.38. The molecule has 0 aliphatic heterocycles. The zero-order valence-electron chi connectivity index (χ0n) is 16.9. The zero-order valence-corrected chi connectivity index (χ0v) is 16.9. The van der Waals surface area contributed by atoms with E-state index in [2.05, 4.69) is 0 Å². The molecule has 1 heteroatoms. The van der Waals surface area contributed by atoms with E-state index < -0.39 is 0 Å². The molecule has 0 aromatic carbocycles. The van der Waals surface area contributed by atoms with Gasteiger partial charge in [-0.25, -0.2) is 0 Å². The molecule has 3 fully saturated rings. The van der Waals surface area contributed by atoms with Crippen LogP contribution in [0.2, 0.25) is 0 Å². The summed E-state index contributed by atoms with van der Waals surface area (Å²) in [5.41, 5.74) is 6.38. The van der Waals surface area contributed by atoms with Gasteiger partial charge in [-0.2, -0.15) is 0 Å². The predicted octanol–water partition coefficient (Wildman–Crippen LogP) is 7.09. The van der Waals surface area contributed by atoms with Crippen LogP contribution in [0.15, 0.2) is 0 Å². The molecule has 3 aliphatic rings. The third-order valence-electron chi connectivity index (χ3n) is 8.17. The molecule has 3 rings (SSSR count). The van der Waals surface area contributed by atoms with Crippen molar-refractivity contribution < 1.29 is 0 Å². The van der Waals surface area contributed by atoms with Crippen molar-refractivity contribution in [2.24, 2.45) is 35.3 Å². The average molecular weight is 348 g/mol. The molecule has 146 valence electrons. The van der Waals surface area contributed by atoms with Crippen molar-refractivity contribution >= 4 is 0 Å². The molecule has 0 aromatic heterocycles. The van der Waals surface area contributed by atoms with Crippen LogP contribution >= 0.6 is 0 Å². The highest BCUT2D eigenvalue weighted by atomic mass is 14.6. The number of hydrogen-bond acceptors (Lipinski definition) is 1. The molecule has 2 N–H and O–H groups in total. The molecule has 0 heterocycles. The summed E-state index contributed by atoms with van der Waals surface area (Å²) in [7, 11) is 0. The first-order chi connectivity index (χ1) is 12.4. The lowest BCUT2D eigenvalue weighted by molar-refractivity contribution is 0.233. The van der Waals surface area contributed by atoms with Crippen molar-refractivity contribution in [1.29, 1.82) is 0 Å². The van der Waals surface area contributed by atoms with E-state index in [1.807, 2.05) is 0 Å². The predicted molar refractivity (Wildman–Crippen MR) is 110 cm³/mol. The molecule has 0 spiro atoms. The van der Waals surface area contributed by atoms with Gasteiger partial charge in [0, 0.05) is 0 Å². The number of hydrogen-bond donors (Lipinski definition) is 1. The number of fused-ring (bicyclic) bond motifs is 3. The van der Waals surface area contributed by atoms with Gasteiger partial charge in [-0.3, -0.25) is 0 Å². The van der Waals surface area contributed by atoms with Crippen molar-refractivity contribution in [2.75, 3.05) is 6.54 Å². The minimum absolute atomic E-state index is 0.865.